The normalized spacial score (nSPS) is 10.7. The van der Waals surface area contributed by atoms with Crippen molar-refractivity contribution < 1.29 is 14.3 Å². The Morgan fingerprint density at radius 1 is 1.26 bits per heavy atom. The molecular weight excluding hydrogens is 296 g/mol. The molecule has 0 atom stereocenters. The molecule has 2 heterocycles. The number of carbonyl (C=O) groups is 2. The van der Waals surface area contributed by atoms with Gasteiger partial charge in [0.05, 0.1) is 24.4 Å². The molecule has 0 fully saturated rings. The summed E-state index contributed by atoms with van der Waals surface area (Å²) in [7, 11) is 1.31. The lowest BCUT2D eigenvalue weighted by Crippen LogP contribution is -2.14. The van der Waals surface area contributed by atoms with E-state index in [1.54, 1.807) is 26.1 Å². The summed E-state index contributed by atoms with van der Waals surface area (Å²) in [6.07, 6.45) is 1.68. The van der Waals surface area contributed by atoms with Crippen LogP contribution in [0.4, 0.5) is 5.69 Å². The Morgan fingerprint density at radius 3 is 2.78 bits per heavy atom. The van der Waals surface area contributed by atoms with E-state index in [1.165, 1.54) is 7.11 Å². The molecule has 0 aliphatic rings. The number of esters is 1. The second kappa shape index (κ2) is 5.60. The van der Waals surface area contributed by atoms with Crippen LogP contribution in [0.2, 0.25) is 0 Å². The molecule has 3 rings (SSSR count). The van der Waals surface area contributed by atoms with Gasteiger partial charge in [0.1, 0.15) is 5.69 Å². The van der Waals surface area contributed by atoms with E-state index >= 15 is 0 Å². The number of hydrogen-bond donors (Lipinski definition) is 3. The predicted octanol–water partition coefficient (Wildman–Crippen LogP) is 2.55. The molecule has 0 spiro atoms. The van der Waals surface area contributed by atoms with Crippen LogP contribution in [0.3, 0.4) is 0 Å². The molecule has 0 saturated heterocycles. The number of nitrogens with one attached hydrogen (secondary N) is 3. The van der Waals surface area contributed by atoms with Crippen LogP contribution in [0, 0.1) is 13.8 Å². The SMILES string of the molecule is COC(=O)c1c(C)[nH]c(C(=O)Nc2ccc3[nH]ncc3c2)c1C. The first-order valence-corrected chi connectivity index (χ1v) is 7.03. The van der Waals surface area contributed by atoms with E-state index in [4.69, 9.17) is 4.74 Å². The summed E-state index contributed by atoms with van der Waals surface area (Å²) in [5.41, 5.74) is 3.44. The van der Waals surface area contributed by atoms with E-state index in [1.807, 2.05) is 12.1 Å². The minimum Gasteiger partial charge on any atom is -0.465 e. The van der Waals surface area contributed by atoms with Gasteiger partial charge in [-0.25, -0.2) is 4.79 Å². The van der Waals surface area contributed by atoms with E-state index in [-0.39, 0.29) is 5.91 Å². The molecule has 2 aromatic heterocycles. The maximum Gasteiger partial charge on any atom is 0.339 e. The van der Waals surface area contributed by atoms with Gasteiger partial charge in [-0.05, 0) is 37.6 Å². The van der Waals surface area contributed by atoms with Gasteiger partial charge in [0, 0.05) is 16.8 Å². The number of amides is 1. The number of carbonyl (C=O) groups excluding carboxylic acids is 2. The van der Waals surface area contributed by atoms with Crippen molar-refractivity contribution in [2.75, 3.05) is 12.4 Å². The zero-order valence-corrected chi connectivity index (χ0v) is 13.0. The number of aromatic amines is 2. The first-order chi connectivity index (χ1) is 11.0. The van der Waals surface area contributed by atoms with Gasteiger partial charge < -0.3 is 15.0 Å². The molecule has 0 radical (unpaired) electrons. The molecule has 0 bridgehead atoms. The maximum atomic E-state index is 12.5. The van der Waals surface area contributed by atoms with Gasteiger partial charge in [0.2, 0.25) is 0 Å². The topological polar surface area (TPSA) is 99.9 Å². The Bertz CT molecular complexity index is 907. The minimum atomic E-state index is -0.463. The van der Waals surface area contributed by atoms with Crippen LogP contribution in [0.15, 0.2) is 24.4 Å². The molecule has 0 saturated carbocycles. The standard InChI is InChI=1S/C16H16N4O3/c1-8-13(16(22)23-3)9(2)18-14(8)15(21)19-11-4-5-12-10(6-11)7-17-20-12/h4-7,18H,1-3H3,(H,17,20)(H,19,21). The molecule has 1 amide bonds. The van der Waals surface area contributed by atoms with Crippen molar-refractivity contribution in [3.8, 4) is 0 Å². The second-order valence-corrected chi connectivity index (χ2v) is 5.24. The number of nitrogens with zero attached hydrogens (tertiary/aromatic N) is 1. The lowest BCUT2D eigenvalue weighted by molar-refractivity contribution is 0.0599. The van der Waals surface area contributed by atoms with Gasteiger partial charge in [-0.1, -0.05) is 0 Å². The van der Waals surface area contributed by atoms with Crippen LogP contribution in [0.1, 0.15) is 32.1 Å². The molecule has 23 heavy (non-hydrogen) atoms. The van der Waals surface area contributed by atoms with Crippen LogP contribution >= 0.6 is 0 Å². The summed E-state index contributed by atoms with van der Waals surface area (Å²) < 4.78 is 4.75. The lowest BCUT2D eigenvalue weighted by Gasteiger charge is -2.05. The third-order valence-corrected chi connectivity index (χ3v) is 3.75. The zero-order valence-electron chi connectivity index (χ0n) is 13.0. The van der Waals surface area contributed by atoms with E-state index in [0.29, 0.717) is 28.2 Å². The number of benzene rings is 1. The van der Waals surface area contributed by atoms with E-state index in [0.717, 1.165) is 10.9 Å². The monoisotopic (exact) mass is 312 g/mol. The molecule has 118 valence electrons. The van der Waals surface area contributed by atoms with Gasteiger partial charge in [-0.15, -0.1) is 0 Å². The van der Waals surface area contributed by atoms with E-state index in [9.17, 15) is 9.59 Å². The first-order valence-electron chi connectivity index (χ1n) is 7.03. The number of H-pyrrole nitrogens is 2. The summed E-state index contributed by atoms with van der Waals surface area (Å²) >= 11 is 0. The van der Waals surface area contributed by atoms with Crippen molar-refractivity contribution in [3.05, 3.63) is 46.9 Å². The minimum absolute atomic E-state index is 0.316. The summed E-state index contributed by atoms with van der Waals surface area (Å²) in [4.78, 5) is 27.2. The van der Waals surface area contributed by atoms with Gasteiger partial charge in [-0.3, -0.25) is 9.89 Å². The molecule has 3 N–H and O–H groups in total. The fourth-order valence-electron chi connectivity index (χ4n) is 2.60. The number of hydrogen-bond acceptors (Lipinski definition) is 4. The molecule has 3 aromatic rings. The van der Waals surface area contributed by atoms with E-state index < -0.39 is 5.97 Å². The van der Waals surface area contributed by atoms with Crippen LogP contribution in [0.25, 0.3) is 10.9 Å². The highest BCUT2D eigenvalue weighted by atomic mass is 16.5. The molecule has 0 aliphatic heterocycles. The highest BCUT2D eigenvalue weighted by Crippen LogP contribution is 2.21. The van der Waals surface area contributed by atoms with Crippen molar-refractivity contribution in [1.29, 1.82) is 0 Å². The predicted molar refractivity (Wildman–Crippen MR) is 85.7 cm³/mol. The number of methoxy groups -OCH3 is 1. The zero-order chi connectivity index (χ0) is 16.6. The number of aryl methyl sites for hydroxylation is 1. The number of ether oxygens (including phenoxy) is 1. The molecular formula is C16H16N4O3. The van der Waals surface area contributed by atoms with Crippen molar-refractivity contribution >= 4 is 28.5 Å². The smallest absolute Gasteiger partial charge is 0.339 e. The Morgan fingerprint density at radius 2 is 2.04 bits per heavy atom. The molecule has 7 nitrogen and oxygen atoms in total. The van der Waals surface area contributed by atoms with Crippen molar-refractivity contribution in [2.45, 2.75) is 13.8 Å². The van der Waals surface area contributed by atoms with Crippen LogP contribution in [-0.4, -0.2) is 34.2 Å². The number of anilines is 1. The third kappa shape index (κ3) is 2.57. The summed E-state index contributed by atoms with van der Waals surface area (Å²) in [5.74, 6) is -0.779. The highest BCUT2D eigenvalue weighted by molar-refractivity contribution is 6.07. The number of fused-ring (bicyclic) bond motifs is 1. The average Bonchev–Trinajstić information content (AvgIpc) is 3.10. The van der Waals surface area contributed by atoms with Gasteiger partial charge in [0.25, 0.3) is 5.91 Å². The fourth-order valence-corrected chi connectivity index (χ4v) is 2.60. The molecule has 0 aliphatic carbocycles. The Kier molecular flexibility index (Phi) is 3.61. The third-order valence-electron chi connectivity index (χ3n) is 3.75. The van der Waals surface area contributed by atoms with Gasteiger partial charge >= 0.3 is 5.97 Å². The second-order valence-electron chi connectivity index (χ2n) is 5.24. The van der Waals surface area contributed by atoms with E-state index in [2.05, 4.69) is 20.5 Å². The number of rotatable bonds is 3. The first kappa shape index (κ1) is 14.8. The van der Waals surface area contributed by atoms with Crippen LogP contribution in [0.5, 0.6) is 0 Å². The lowest BCUT2D eigenvalue weighted by atomic mass is 10.1. The van der Waals surface area contributed by atoms with Crippen LogP contribution < -0.4 is 5.32 Å². The highest BCUT2D eigenvalue weighted by Gasteiger charge is 2.22. The van der Waals surface area contributed by atoms with Gasteiger partial charge in [0.15, 0.2) is 0 Å². The van der Waals surface area contributed by atoms with Crippen LogP contribution in [-0.2, 0) is 4.74 Å². The molecule has 0 unspecified atom stereocenters. The fraction of sp³-hybridized carbons (Fsp3) is 0.188. The summed E-state index contributed by atoms with van der Waals surface area (Å²) in [5, 5.41) is 10.5. The molecule has 7 heteroatoms. The Hall–Kier alpha value is -3.09. The van der Waals surface area contributed by atoms with Crippen molar-refractivity contribution in [2.24, 2.45) is 0 Å². The maximum absolute atomic E-state index is 12.5. The Balaban J connectivity index is 1.90. The Labute approximate surface area is 132 Å². The number of aromatic nitrogens is 3. The largest absolute Gasteiger partial charge is 0.465 e. The molecule has 1 aromatic carbocycles. The van der Waals surface area contributed by atoms with Crippen molar-refractivity contribution in [3.63, 3.8) is 0 Å². The summed E-state index contributed by atoms with van der Waals surface area (Å²) in [6.45, 7) is 3.44. The van der Waals surface area contributed by atoms with Gasteiger partial charge in [-0.2, -0.15) is 5.10 Å². The quantitative estimate of drug-likeness (QED) is 0.647. The summed E-state index contributed by atoms with van der Waals surface area (Å²) in [6, 6.07) is 5.44. The van der Waals surface area contributed by atoms with Crippen molar-refractivity contribution in [1.82, 2.24) is 15.2 Å². The average molecular weight is 312 g/mol.